The van der Waals surface area contributed by atoms with Crippen molar-refractivity contribution in [2.24, 2.45) is 5.92 Å². The average molecular weight is 326 g/mol. The fourth-order valence-corrected chi connectivity index (χ4v) is 3.58. The molecular formula is C19H20ClN3. The van der Waals surface area contributed by atoms with E-state index in [1.165, 1.54) is 5.56 Å². The van der Waals surface area contributed by atoms with Gasteiger partial charge in [-0.3, -0.25) is 0 Å². The summed E-state index contributed by atoms with van der Waals surface area (Å²) in [6.07, 6.45) is 3.20. The maximum absolute atomic E-state index is 9.21. The van der Waals surface area contributed by atoms with Gasteiger partial charge < -0.3 is 10.6 Å². The third-order valence-corrected chi connectivity index (χ3v) is 4.88. The van der Waals surface area contributed by atoms with E-state index >= 15 is 0 Å². The summed E-state index contributed by atoms with van der Waals surface area (Å²) >= 11 is 6.31. The fraction of sp³-hybridized carbons (Fsp3) is 0.316. The van der Waals surface area contributed by atoms with Gasteiger partial charge in [-0.1, -0.05) is 29.8 Å². The molecule has 118 valence electrons. The molecule has 0 spiro atoms. The van der Waals surface area contributed by atoms with Crippen LogP contribution in [0.5, 0.6) is 0 Å². The quantitative estimate of drug-likeness (QED) is 0.858. The van der Waals surface area contributed by atoms with E-state index < -0.39 is 0 Å². The third kappa shape index (κ3) is 3.60. The van der Waals surface area contributed by atoms with Crippen LogP contribution >= 0.6 is 11.6 Å². The van der Waals surface area contributed by atoms with Crippen LogP contribution in [-0.2, 0) is 6.42 Å². The summed E-state index contributed by atoms with van der Waals surface area (Å²) in [6.45, 7) is 1.98. The number of benzene rings is 2. The molecule has 1 fully saturated rings. The Bertz CT molecular complexity index is 728. The maximum Gasteiger partial charge on any atom is 0.0994 e. The highest BCUT2D eigenvalue weighted by atomic mass is 35.5. The van der Waals surface area contributed by atoms with E-state index in [9.17, 15) is 5.26 Å². The molecule has 0 aliphatic carbocycles. The van der Waals surface area contributed by atoms with E-state index in [-0.39, 0.29) is 0 Å². The lowest BCUT2D eigenvalue weighted by atomic mass is 9.88. The number of piperidine rings is 1. The topological polar surface area (TPSA) is 53.0 Å². The summed E-state index contributed by atoms with van der Waals surface area (Å²) in [5, 5.41) is 9.93. The van der Waals surface area contributed by atoms with Crippen molar-refractivity contribution in [3.8, 4) is 6.07 Å². The highest BCUT2D eigenvalue weighted by molar-refractivity contribution is 6.33. The lowest BCUT2D eigenvalue weighted by Crippen LogP contribution is -2.34. The SMILES string of the molecule is N#Cc1ccccc1CC1CCN(c2ccc(N)cc2Cl)CC1. The fourth-order valence-electron chi connectivity index (χ4n) is 3.28. The number of halogens is 1. The van der Waals surface area contributed by atoms with Gasteiger partial charge in [-0.25, -0.2) is 0 Å². The standard InChI is InChI=1S/C19H20ClN3/c20-18-12-17(22)5-6-19(18)23-9-7-14(8-10-23)11-15-3-1-2-4-16(15)13-21/h1-6,12,14H,7-11,22H2. The first kappa shape index (κ1) is 15.7. The van der Waals surface area contributed by atoms with Gasteiger partial charge in [0.2, 0.25) is 0 Å². The van der Waals surface area contributed by atoms with Crippen LogP contribution in [-0.4, -0.2) is 13.1 Å². The Hall–Kier alpha value is -2.18. The second kappa shape index (κ2) is 6.93. The highest BCUT2D eigenvalue weighted by Gasteiger charge is 2.21. The molecule has 0 aromatic heterocycles. The molecule has 2 aromatic carbocycles. The Morgan fingerprint density at radius 1 is 1.17 bits per heavy atom. The van der Waals surface area contributed by atoms with Crippen LogP contribution in [0.1, 0.15) is 24.0 Å². The zero-order valence-electron chi connectivity index (χ0n) is 13.0. The predicted molar refractivity (Wildman–Crippen MR) is 95.7 cm³/mol. The van der Waals surface area contributed by atoms with Gasteiger partial charge >= 0.3 is 0 Å². The monoisotopic (exact) mass is 325 g/mol. The van der Waals surface area contributed by atoms with Crippen molar-refractivity contribution in [3.63, 3.8) is 0 Å². The lowest BCUT2D eigenvalue weighted by Gasteiger charge is -2.34. The van der Waals surface area contributed by atoms with Crippen LogP contribution in [0.15, 0.2) is 42.5 Å². The summed E-state index contributed by atoms with van der Waals surface area (Å²) in [7, 11) is 0. The van der Waals surface area contributed by atoms with Crippen LogP contribution < -0.4 is 10.6 Å². The highest BCUT2D eigenvalue weighted by Crippen LogP contribution is 2.32. The van der Waals surface area contributed by atoms with Crippen LogP contribution in [0.4, 0.5) is 11.4 Å². The molecule has 0 atom stereocenters. The Morgan fingerprint density at radius 3 is 2.61 bits per heavy atom. The molecule has 1 aliphatic rings. The second-order valence-corrected chi connectivity index (χ2v) is 6.52. The van der Waals surface area contributed by atoms with Gasteiger partial charge in [0.05, 0.1) is 22.3 Å². The molecule has 0 unspecified atom stereocenters. The van der Waals surface area contributed by atoms with Gasteiger partial charge in [-0.2, -0.15) is 5.26 Å². The molecule has 0 amide bonds. The van der Waals surface area contributed by atoms with Crippen LogP contribution in [0.2, 0.25) is 5.02 Å². The largest absolute Gasteiger partial charge is 0.399 e. The van der Waals surface area contributed by atoms with Crippen molar-refractivity contribution >= 4 is 23.0 Å². The number of nitriles is 1. The van der Waals surface area contributed by atoms with E-state index in [4.69, 9.17) is 17.3 Å². The minimum atomic E-state index is 0.619. The zero-order valence-corrected chi connectivity index (χ0v) is 13.8. The van der Waals surface area contributed by atoms with Crippen molar-refractivity contribution in [1.82, 2.24) is 0 Å². The molecule has 1 saturated heterocycles. The first-order valence-corrected chi connectivity index (χ1v) is 8.33. The smallest absolute Gasteiger partial charge is 0.0994 e. The number of hydrogen-bond acceptors (Lipinski definition) is 3. The molecule has 3 nitrogen and oxygen atoms in total. The normalized spacial score (nSPS) is 15.4. The van der Waals surface area contributed by atoms with E-state index in [0.29, 0.717) is 11.6 Å². The first-order chi connectivity index (χ1) is 11.2. The molecular weight excluding hydrogens is 306 g/mol. The molecule has 23 heavy (non-hydrogen) atoms. The van der Waals surface area contributed by atoms with E-state index in [0.717, 1.165) is 48.6 Å². The first-order valence-electron chi connectivity index (χ1n) is 7.95. The molecule has 2 N–H and O–H groups in total. The molecule has 0 saturated carbocycles. The number of rotatable bonds is 3. The van der Waals surface area contributed by atoms with Crippen molar-refractivity contribution in [2.75, 3.05) is 23.7 Å². The van der Waals surface area contributed by atoms with Gasteiger partial charge in [-0.15, -0.1) is 0 Å². The summed E-state index contributed by atoms with van der Waals surface area (Å²) in [5.74, 6) is 0.619. The molecule has 1 aliphatic heterocycles. The van der Waals surface area contributed by atoms with Crippen molar-refractivity contribution < 1.29 is 0 Å². The van der Waals surface area contributed by atoms with Gasteiger partial charge in [-0.05, 0) is 55.0 Å². The number of nitrogen functional groups attached to an aromatic ring is 1. The maximum atomic E-state index is 9.21. The molecule has 1 heterocycles. The summed E-state index contributed by atoms with van der Waals surface area (Å²) < 4.78 is 0. The number of nitrogens with two attached hydrogens (primary N) is 1. The molecule has 0 radical (unpaired) electrons. The Balaban J connectivity index is 1.63. The van der Waals surface area contributed by atoms with E-state index in [1.807, 2.05) is 36.4 Å². The van der Waals surface area contributed by atoms with Crippen LogP contribution in [0.25, 0.3) is 0 Å². The minimum Gasteiger partial charge on any atom is -0.399 e. The molecule has 4 heteroatoms. The number of hydrogen-bond donors (Lipinski definition) is 1. The van der Waals surface area contributed by atoms with Crippen LogP contribution in [0.3, 0.4) is 0 Å². The van der Waals surface area contributed by atoms with Crippen molar-refractivity contribution in [1.29, 1.82) is 5.26 Å². The molecule has 3 rings (SSSR count). The van der Waals surface area contributed by atoms with Crippen molar-refractivity contribution in [2.45, 2.75) is 19.3 Å². The second-order valence-electron chi connectivity index (χ2n) is 6.11. The van der Waals surface area contributed by atoms with E-state index in [1.54, 1.807) is 0 Å². The number of nitrogens with zero attached hydrogens (tertiary/aromatic N) is 2. The predicted octanol–water partition coefficient (Wildman–Crippen LogP) is 4.25. The average Bonchev–Trinajstić information content (AvgIpc) is 2.56. The minimum absolute atomic E-state index is 0.619. The zero-order chi connectivity index (χ0) is 16.2. The van der Waals surface area contributed by atoms with Gasteiger partial charge in [0.15, 0.2) is 0 Å². The Kier molecular flexibility index (Phi) is 4.73. The lowest BCUT2D eigenvalue weighted by molar-refractivity contribution is 0.403. The summed E-state index contributed by atoms with van der Waals surface area (Å²) in [4.78, 5) is 2.33. The summed E-state index contributed by atoms with van der Waals surface area (Å²) in [5.41, 5.74) is 9.49. The number of anilines is 2. The molecule has 0 bridgehead atoms. The van der Waals surface area contributed by atoms with Gasteiger partial charge in [0, 0.05) is 18.8 Å². The van der Waals surface area contributed by atoms with Gasteiger partial charge in [0.1, 0.15) is 0 Å². The Morgan fingerprint density at radius 2 is 1.91 bits per heavy atom. The summed E-state index contributed by atoms with van der Waals surface area (Å²) in [6, 6.07) is 15.9. The van der Waals surface area contributed by atoms with Gasteiger partial charge in [0.25, 0.3) is 0 Å². The Labute approximate surface area is 142 Å². The third-order valence-electron chi connectivity index (χ3n) is 4.57. The molecule has 2 aromatic rings. The van der Waals surface area contributed by atoms with Crippen molar-refractivity contribution in [3.05, 3.63) is 58.6 Å². The van der Waals surface area contributed by atoms with E-state index in [2.05, 4.69) is 17.0 Å². The van der Waals surface area contributed by atoms with Crippen LogP contribution in [0, 0.1) is 17.2 Å².